The Labute approximate surface area is 134 Å². The predicted molar refractivity (Wildman–Crippen MR) is 63.6 cm³/mol. The summed E-state index contributed by atoms with van der Waals surface area (Å²) < 4.78 is 35.6. The Morgan fingerprint density at radius 2 is 2.00 bits per heavy atom. The molecule has 0 aliphatic rings. The van der Waals surface area contributed by atoms with Gasteiger partial charge in [-0.25, -0.2) is 9.59 Å². The number of hydrogen-bond donors (Lipinski definition) is 2. The summed E-state index contributed by atoms with van der Waals surface area (Å²) in [4.78, 5) is 22.1. The van der Waals surface area contributed by atoms with E-state index in [-0.39, 0.29) is 44.0 Å². The zero-order chi connectivity index (χ0) is 14.3. The quantitative estimate of drug-likeness (QED) is 0.176. The van der Waals surface area contributed by atoms with E-state index in [4.69, 9.17) is 9.66 Å². The van der Waals surface area contributed by atoms with Gasteiger partial charge in [-0.2, -0.15) is 8.42 Å². The number of esters is 1. The minimum absolute atomic E-state index is 0. The monoisotopic (exact) mass is 302 g/mol. The Balaban J connectivity index is -0.00000144. The number of carboxylic acid groups (broad SMARTS) is 1. The summed E-state index contributed by atoms with van der Waals surface area (Å²) >= 11 is 0. The molecule has 0 fully saturated rings. The van der Waals surface area contributed by atoms with Crippen molar-refractivity contribution in [3.8, 4) is 0 Å². The molecule has 104 valence electrons. The van der Waals surface area contributed by atoms with Crippen LogP contribution in [0.5, 0.6) is 0 Å². The maximum absolute atomic E-state index is 11.5. The Hall–Kier alpha value is -0.670. The first-order valence-electron chi connectivity index (χ1n) is 4.92. The molecule has 7 nitrogen and oxygen atoms in total. The van der Waals surface area contributed by atoms with E-state index in [9.17, 15) is 18.0 Å². The van der Waals surface area contributed by atoms with Crippen molar-refractivity contribution < 1.29 is 63.4 Å². The van der Waals surface area contributed by atoms with E-state index in [2.05, 4.69) is 11.3 Å². The maximum atomic E-state index is 11.5. The van der Waals surface area contributed by atoms with Gasteiger partial charge >= 0.3 is 41.5 Å². The van der Waals surface area contributed by atoms with Crippen LogP contribution in [0.3, 0.4) is 0 Å². The minimum atomic E-state index is -4.59. The smallest absolute Gasteiger partial charge is 1.00 e. The molecule has 0 aliphatic carbocycles. The van der Waals surface area contributed by atoms with E-state index in [1.807, 2.05) is 0 Å². The van der Waals surface area contributed by atoms with Crippen LogP contribution in [-0.4, -0.2) is 41.9 Å². The van der Waals surface area contributed by atoms with Crippen LogP contribution < -0.4 is 29.6 Å². The number of carbonyl (C=O) groups is 2. The molecule has 0 radical (unpaired) electrons. The van der Waals surface area contributed by atoms with Crippen molar-refractivity contribution in [2.75, 3.05) is 6.61 Å². The average molecular weight is 302 g/mol. The summed E-state index contributed by atoms with van der Waals surface area (Å²) in [6.45, 7) is 4.47. The van der Waals surface area contributed by atoms with Crippen LogP contribution in [0, 0.1) is 0 Å². The molecule has 0 aromatic rings. The standard InChI is InChI=1S/C10H14O7S.Na.H/c1-3-5-17-10(13)7(6-9(11)12)8(4-2)18(14,15)16;;/h3,6,8H,1,4-5H2,2H3,(H,11,12)(H,14,15,16);;/q;+1;-1. The zero-order valence-corrected chi connectivity index (χ0v) is 13.5. The van der Waals surface area contributed by atoms with Crippen LogP contribution in [0.25, 0.3) is 0 Å². The number of ether oxygens (including phenoxy) is 1. The summed E-state index contributed by atoms with van der Waals surface area (Å²) in [6, 6.07) is 0. The number of rotatable bonds is 7. The van der Waals surface area contributed by atoms with Gasteiger partial charge in [0, 0.05) is 6.08 Å². The van der Waals surface area contributed by atoms with E-state index >= 15 is 0 Å². The third-order valence-corrected chi connectivity index (χ3v) is 3.23. The fraction of sp³-hybridized carbons (Fsp3) is 0.400. The average Bonchev–Trinajstić information content (AvgIpc) is 2.23. The van der Waals surface area contributed by atoms with Gasteiger partial charge in [0.2, 0.25) is 0 Å². The molecule has 0 bridgehead atoms. The Bertz CT molecular complexity index is 472. The Morgan fingerprint density at radius 3 is 2.32 bits per heavy atom. The molecule has 0 saturated carbocycles. The van der Waals surface area contributed by atoms with Crippen LogP contribution in [0.2, 0.25) is 0 Å². The van der Waals surface area contributed by atoms with Gasteiger partial charge in [-0.1, -0.05) is 19.6 Å². The summed E-state index contributed by atoms with van der Waals surface area (Å²) in [5.74, 6) is -2.63. The summed E-state index contributed by atoms with van der Waals surface area (Å²) in [5, 5.41) is 6.95. The van der Waals surface area contributed by atoms with Crippen molar-refractivity contribution in [1.82, 2.24) is 0 Å². The van der Waals surface area contributed by atoms with E-state index in [0.717, 1.165) is 0 Å². The number of aliphatic carboxylic acids is 1. The van der Waals surface area contributed by atoms with Gasteiger partial charge in [0.15, 0.2) is 0 Å². The first-order valence-corrected chi connectivity index (χ1v) is 6.43. The van der Waals surface area contributed by atoms with Crippen LogP contribution in [-0.2, 0) is 24.4 Å². The molecule has 0 heterocycles. The maximum Gasteiger partial charge on any atom is 1.00 e. The topological polar surface area (TPSA) is 118 Å². The summed E-state index contributed by atoms with van der Waals surface area (Å²) in [6.07, 6.45) is 1.49. The van der Waals surface area contributed by atoms with Crippen molar-refractivity contribution in [3.63, 3.8) is 0 Å². The molecule has 0 rings (SSSR count). The minimum Gasteiger partial charge on any atom is -1.00 e. The predicted octanol–water partition coefficient (Wildman–Crippen LogP) is -2.49. The van der Waals surface area contributed by atoms with Crippen molar-refractivity contribution in [3.05, 3.63) is 24.3 Å². The molecule has 0 spiro atoms. The molecule has 0 aromatic carbocycles. The molecular weight excluding hydrogens is 287 g/mol. The van der Waals surface area contributed by atoms with E-state index < -0.39 is 32.9 Å². The summed E-state index contributed by atoms with van der Waals surface area (Å²) in [7, 11) is -4.59. The third-order valence-electron chi connectivity index (χ3n) is 1.92. The SMILES string of the molecule is C=CCOC(=O)C(=CC(=O)O)C(CC)S(=O)(=O)O.[H-].[Na+]. The van der Waals surface area contributed by atoms with Crippen LogP contribution in [0.1, 0.15) is 14.8 Å². The van der Waals surface area contributed by atoms with Crippen molar-refractivity contribution >= 4 is 22.1 Å². The van der Waals surface area contributed by atoms with Crippen LogP contribution in [0.15, 0.2) is 24.3 Å². The first-order chi connectivity index (χ1) is 8.23. The van der Waals surface area contributed by atoms with Crippen molar-refractivity contribution in [2.45, 2.75) is 18.6 Å². The van der Waals surface area contributed by atoms with Crippen molar-refractivity contribution in [1.29, 1.82) is 0 Å². The number of carboxylic acids is 1. The van der Waals surface area contributed by atoms with Gasteiger partial charge in [-0.15, -0.1) is 0 Å². The largest absolute Gasteiger partial charge is 1.00 e. The van der Waals surface area contributed by atoms with Crippen LogP contribution in [0.4, 0.5) is 0 Å². The van der Waals surface area contributed by atoms with E-state index in [0.29, 0.717) is 6.08 Å². The van der Waals surface area contributed by atoms with Crippen LogP contribution >= 0.6 is 0 Å². The molecule has 9 heteroatoms. The van der Waals surface area contributed by atoms with Gasteiger partial charge in [-0.05, 0) is 6.42 Å². The molecule has 1 unspecified atom stereocenters. The molecule has 0 amide bonds. The second kappa shape index (κ2) is 9.27. The van der Waals surface area contributed by atoms with Gasteiger partial charge < -0.3 is 11.3 Å². The second-order valence-corrected chi connectivity index (χ2v) is 4.84. The molecule has 0 aliphatic heterocycles. The normalized spacial score (nSPS) is 13.1. The summed E-state index contributed by atoms with van der Waals surface area (Å²) in [5.41, 5.74) is -0.630. The van der Waals surface area contributed by atoms with Gasteiger partial charge in [0.05, 0.1) is 5.57 Å². The van der Waals surface area contributed by atoms with E-state index in [1.54, 1.807) is 0 Å². The molecule has 1 atom stereocenters. The number of carbonyl (C=O) groups excluding carboxylic acids is 1. The third kappa shape index (κ3) is 7.48. The zero-order valence-electron chi connectivity index (χ0n) is 11.7. The van der Waals surface area contributed by atoms with Crippen molar-refractivity contribution in [2.24, 2.45) is 0 Å². The van der Waals surface area contributed by atoms with Gasteiger partial charge in [-0.3, -0.25) is 4.55 Å². The Morgan fingerprint density at radius 1 is 1.47 bits per heavy atom. The molecule has 19 heavy (non-hydrogen) atoms. The molecule has 2 N–H and O–H groups in total. The number of hydrogen-bond acceptors (Lipinski definition) is 5. The molecular formula is C10H15NaO7S. The van der Waals surface area contributed by atoms with E-state index in [1.165, 1.54) is 13.0 Å². The van der Waals surface area contributed by atoms with Gasteiger partial charge in [0.1, 0.15) is 11.9 Å². The fourth-order valence-corrected chi connectivity index (χ4v) is 2.13. The fourth-order valence-electron chi connectivity index (χ4n) is 1.23. The second-order valence-electron chi connectivity index (χ2n) is 3.24. The first kappa shape index (κ1) is 20.6. The Kier molecular flexibility index (Phi) is 10.1. The molecule has 0 saturated heterocycles. The molecule has 0 aromatic heterocycles. The van der Waals surface area contributed by atoms with Gasteiger partial charge in [0.25, 0.3) is 10.1 Å².